The maximum Gasteiger partial charge on any atom is 0.211 e. The van der Waals surface area contributed by atoms with Crippen LogP contribution in [0.25, 0.3) is 11.8 Å². The molecule has 0 saturated heterocycles. The van der Waals surface area contributed by atoms with Crippen molar-refractivity contribution < 1.29 is 22.6 Å². The predicted octanol–water partition coefficient (Wildman–Crippen LogP) is 5.65. The molecular formula is C21H17F3O2. The Morgan fingerprint density at radius 1 is 0.962 bits per heavy atom. The molecule has 2 aromatic carbocycles. The molecule has 0 aromatic heterocycles. The number of halogens is 3. The second-order valence-corrected chi connectivity index (χ2v) is 6.63. The lowest BCUT2D eigenvalue weighted by atomic mass is 9.90. The van der Waals surface area contributed by atoms with E-state index in [1.54, 1.807) is 19.9 Å². The number of benzene rings is 2. The smallest absolute Gasteiger partial charge is 0.211 e. The monoisotopic (exact) mass is 358 g/mol. The summed E-state index contributed by atoms with van der Waals surface area (Å²) in [6.07, 6.45) is 4.01. The van der Waals surface area contributed by atoms with Gasteiger partial charge in [-0.15, -0.1) is 0 Å². The van der Waals surface area contributed by atoms with Gasteiger partial charge in [-0.25, -0.2) is 4.39 Å². The van der Waals surface area contributed by atoms with Gasteiger partial charge in [-0.1, -0.05) is 30.3 Å². The van der Waals surface area contributed by atoms with E-state index in [4.69, 9.17) is 9.47 Å². The first-order chi connectivity index (χ1) is 12.5. The first-order valence-electron chi connectivity index (χ1n) is 8.51. The summed E-state index contributed by atoms with van der Waals surface area (Å²) in [5.41, 5.74) is 2.49. The maximum atomic E-state index is 15.0. The van der Waals surface area contributed by atoms with Crippen molar-refractivity contribution in [3.63, 3.8) is 0 Å². The molecule has 0 N–H and O–H groups in total. The summed E-state index contributed by atoms with van der Waals surface area (Å²) in [6, 6.07) is 7.65. The van der Waals surface area contributed by atoms with Gasteiger partial charge in [0.25, 0.3) is 0 Å². The van der Waals surface area contributed by atoms with E-state index in [0.717, 1.165) is 23.1 Å². The molecule has 2 nitrogen and oxygen atoms in total. The largest absolute Gasteiger partial charge is 0.485 e. The van der Waals surface area contributed by atoms with Crippen molar-refractivity contribution in [2.24, 2.45) is 0 Å². The standard InChI is InChI=1S/C21H17F3O2/c1-11(2)25-21-17(23)16(22)15-10-9-13-8-7-12-5-3-4-6-14(12)19(13)26-20(15)18(21)24/h3-6,9-11H,7-8H2,1-2H3. The average Bonchev–Trinajstić information content (AvgIpc) is 2.83. The number of allylic oxidation sites excluding steroid dienone is 2. The Balaban J connectivity index is 1.90. The summed E-state index contributed by atoms with van der Waals surface area (Å²) < 4.78 is 54.8. The first kappa shape index (κ1) is 16.8. The molecule has 2 aromatic rings. The Morgan fingerprint density at radius 3 is 2.50 bits per heavy atom. The molecule has 0 fully saturated rings. The summed E-state index contributed by atoms with van der Waals surface area (Å²) in [6.45, 7) is 3.22. The highest BCUT2D eigenvalue weighted by atomic mass is 19.2. The fraction of sp³-hybridized carbons (Fsp3) is 0.238. The minimum atomic E-state index is -1.34. The quantitative estimate of drug-likeness (QED) is 0.646. The van der Waals surface area contributed by atoms with E-state index in [9.17, 15) is 13.2 Å². The van der Waals surface area contributed by atoms with Gasteiger partial charge in [0.15, 0.2) is 17.3 Å². The van der Waals surface area contributed by atoms with Gasteiger partial charge < -0.3 is 9.47 Å². The zero-order valence-electron chi connectivity index (χ0n) is 14.4. The Hall–Kier alpha value is -2.69. The van der Waals surface area contributed by atoms with E-state index in [1.165, 1.54) is 6.08 Å². The van der Waals surface area contributed by atoms with Crippen molar-refractivity contribution in [2.75, 3.05) is 0 Å². The van der Waals surface area contributed by atoms with Crippen LogP contribution >= 0.6 is 0 Å². The van der Waals surface area contributed by atoms with E-state index >= 15 is 0 Å². The number of hydrogen-bond donors (Lipinski definition) is 0. The molecule has 1 aliphatic carbocycles. The van der Waals surface area contributed by atoms with Crippen molar-refractivity contribution in [3.8, 4) is 11.5 Å². The van der Waals surface area contributed by atoms with E-state index in [0.29, 0.717) is 12.2 Å². The van der Waals surface area contributed by atoms with Gasteiger partial charge in [0.1, 0.15) is 5.76 Å². The fourth-order valence-corrected chi connectivity index (χ4v) is 3.30. The zero-order chi connectivity index (χ0) is 18.4. The lowest BCUT2D eigenvalue weighted by Gasteiger charge is -2.22. The average molecular weight is 358 g/mol. The third-order valence-corrected chi connectivity index (χ3v) is 4.50. The maximum absolute atomic E-state index is 15.0. The van der Waals surface area contributed by atoms with Crippen molar-refractivity contribution in [3.05, 3.63) is 70.1 Å². The Bertz CT molecular complexity index is 958. The molecule has 0 unspecified atom stereocenters. The normalized spacial score (nSPS) is 15.2. The molecule has 0 saturated carbocycles. The molecule has 0 spiro atoms. The van der Waals surface area contributed by atoms with E-state index < -0.39 is 29.3 Å². The Morgan fingerprint density at radius 2 is 1.73 bits per heavy atom. The van der Waals surface area contributed by atoms with Crippen LogP contribution < -0.4 is 9.47 Å². The fourth-order valence-electron chi connectivity index (χ4n) is 3.30. The first-order valence-corrected chi connectivity index (χ1v) is 8.51. The van der Waals surface area contributed by atoms with Crippen molar-refractivity contribution in [1.82, 2.24) is 0 Å². The lowest BCUT2D eigenvalue weighted by molar-refractivity contribution is 0.213. The van der Waals surface area contributed by atoms with Crippen molar-refractivity contribution in [1.29, 1.82) is 0 Å². The second-order valence-electron chi connectivity index (χ2n) is 6.63. The zero-order valence-corrected chi connectivity index (χ0v) is 14.4. The molecule has 0 amide bonds. The van der Waals surface area contributed by atoms with Gasteiger partial charge in [-0.3, -0.25) is 0 Å². The van der Waals surface area contributed by atoms with Gasteiger partial charge in [0.05, 0.1) is 11.7 Å². The third-order valence-electron chi connectivity index (χ3n) is 4.50. The van der Waals surface area contributed by atoms with Crippen LogP contribution in [0.3, 0.4) is 0 Å². The molecule has 1 heterocycles. The van der Waals surface area contributed by atoms with E-state index in [2.05, 4.69) is 0 Å². The topological polar surface area (TPSA) is 18.5 Å². The van der Waals surface area contributed by atoms with Crippen LogP contribution in [0.5, 0.6) is 11.5 Å². The van der Waals surface area contributed by atoms with Gasteiger partial charge in [0.2, 0.25) is 11.6 Å². The van der Waals surface area contributed by atoms with Crippen LogP contribution in [0.1, 0.15) is 37.0 Å². The molecule has 0 atom stereocenters. The Labute approximate surface area is 149 Å². The molecule has 0 radical (unpaired) electrons. The summed E-state index contributed by atoms with van der Waals surface area (Å²) in [5, 5.41) is 0. The van der Waals surface area contributed by atoms with Gasteiger partial charge in [-0.05, 0) is 43.9 Å². The van der Waals surface area contributed by atoms with E-state index in [1.807, 2.05) is 24.3 Å². The molecular weight excluding hydrogens is 341 g/mol. The lowest BCUT2D eigenvalue weighted by Crippen LogP contribution is -2.13. The highest BCUT2D eigenvalue weighted by Gasteiger charge is 2.31. The molecule has 5 heteroatoms. The van der Waals surface area contributed by atoms with Crippen LogP contribution in [-0.4, -0.2) is 6.10 Å². The van der Waals surface area contributed by atoms with E-state index in [-0.39, 0.29) is 11.3 Å². The predicted molar refractivity (Wildman–Crippen MR) is 93.4 cm³/mol. The number of aryl methyl sites for hydroxylation is 1. The minimum absolute atomic E-state index is 0.247. The molecule has 1 aliphatic heterocycles. The molecule has 134 valence electrons. The summed E-state index contributed by atoms with van der Waals surface area (Å²) in [4.78, 5) is 0. The number of rotatable bonds is 2. The molecule has 4 rings (SSSR count). The minimum Gasteiger partial charge on any atom is -0.485 e. The number of ether oxygens (including phenoxy) is 2. The molecule has 0 bridgehead atoms. The summed E-state index contributed by atoms with van der Waals surface area (Å²) >= 11 is 0. The van der Waals surface area contributed by atoms with Crippen LogP contribution in [-0.2, 0) is 6.42 Å². The SMILES string of the molecule is CC(C)Oc1c(F)c(F)c2c(c1F)OC1=C(C=C2)CCc2ccccc21. The van der Waals surface area contributed by atoms with Crippen LogP contribution in [0.15, 0.2) is 35.9 Å². The van der Waals surface area contributed by atoms with Crippen LogP contribution in [0, 0.1) is 17.5 Å². The van der Waals surface area contributed by atoms with Gasteiger partial charge >= 0.3 is 0 Å². The van der Waals surface area contributed by atoms with Gasteiger partial charge in [0, 0.05) is 5.56 Å². The van der Waals surface area contributed by atoms with Crippen molar-refractivity contribution in [2.45, 2.75) is 32.8 Å². The number of fused-ring (bicyclic) bond motifs is 3. The summed E-state index contributed by atoms with van der Waals surface area (Å²) in [7, 11) is 0. The van der Waals surface area contributed by atoms with Crippen LogP contribution in [0.4, 0.5) is 13.2 Å². The highest BCUT2D eigenvalue weighted by molar-refractivity contribution is 5.78. The van der Waals surface area contributed by atoms with Gasteiger partial charge in [-0.2, -0.15) is 8.78 Å². The summed E-state index contributed by atoms with van der Waals surface area (Å²) in [5.74, 6) is -4.18. The third kappa shape index (κ3) is 2.59. The Kier molecular flexibility index (Phi) is 4.02. The second kappa shape index (κ2) is 6.24. The molecule has 2 aliphatic rings. The van der Waals surface area contributed by atoms with Crippen molar-refractivity contribution >= 4 is 11.8 Å². The highest BCUT2D eigenvalue weighted by Crippen LogP contribution is 2.43. The molecule has 26 heavy (non-hydrogen) atoms. The number of hydrogen-bond acceptors (Lipinski definition) is 2. The van der Waals surface area contributed by atoms with Crippen LogP contribution in [0.2, 0.25) is 0 Å².